The number of fused-ring (bicyclic) bond motifs is 5. The lowest BCUT2D eigenvalue weighted by molar-refractivity contribution is -0.0609. The van der Waals surface area contributed by atoms with Crippen molar-refractivity contribution >= 4 is 49.6 Å². The number of aromatic nitrogens is 8. The highest BCUT2D eigenvalue weighted by Gasteiger charge is 2.54. The van der Waals surface area contributed by atoms with Crippen LogP contribution in [-0.2, 0) is 36.7 Å². The number of H-pyrrole nitrogens is 1. The standard InChI is InChI=1S/C24H34N12O13P2/c25-18-12-19(28-7-27-18)35(8-29-12)22-15(40)16-11(47-22)6-45-51(43,32-2-4-38)49-17-14(39)10(5-44-50(42,48-16)31-1-3-37)46-23(17)36-9-30-13-20(36)33-24(26)34-21(13)41/h7-11,14-17,22-23,37-40H,1-6H2,(H,31,42)(H,32,43)(H2,25,27,28)(H3,26,33,34,41)/t10-,11-,14?,15+,16?,17+,22-,23-,50?,51?/m1/s1. The molecule has 3 saturated heterocycles. The molecule has 0 aliphatic carbocycles. The van der Waals surface area contributed by atoms with Gasteiger partial charge in [-0.3, -0.25) is 37.0 Å². The molecular formula is C24H34N12O13P2. The lowest BCUT2D eigenvalue weighted by Crippen LogP contribution is -2.38. The third kappa shape index (κ3) is 6.78. The highest BCUT2D eigenvalue weighted by atomic mass is 31.2. The van der Waals surface area contributed by atoms with Crippen LogP contribution in [0.2, 0.25) is 0 Å². The zero-order chi connectivity index (χ0) is 36.1. The van der Waals surface area contributed by atoms with Crippen molar-refractivity contribution in [3.05, 3.63) is 29.3 Å². The summed E-state index contributed by atoms with van der Waals surface area (Å²) in [6.45, 7) is -2.94. The number of hydrogen-bond donors (Lipinski definition) is 9. The minimum Gasteiger partial charge on any atom is -0.395 e. The lowest BCUT2D eigenvalue weighted by atomic mass is 10.1. The maximum atomic E-state index is 14.3. The SMILES string of the molecule is Nc1nc2c(ncn2[C@@H]2O[C@@H]3COP(=O)(NCCO)OC4[C@@H](COP(=O)(NCCO)O[C@H]2C3O)O[C@@H](n2cnc3c(N)ncnc32)[C@H]4O)c(=O)[nH]1. The van der Waals surface area contributed by atoms with Crippen LogP contribution in [-0.4, -0.2) is 136 Å². The zero-order valence-electron chi connectivity index (χ0n) is 26.2. The molecule has 11 N–H and O–H groups in total. The monoisotopic (exact) mass is 760 g/mol. The van der Waals surface area contributed by atoms with E-state index in [9.17, 15) is 34.4 Å². The van der Waals surface area contributed by atoms with Crippen LogP contribution < -0.4 is 27.2 Å². The number of imidazole rings is 2. The largest absolute Gasteiger partial charge is 0.406 e. The number of anilines is 2. The van der Waals surface area contributed by atoms with E-state index >= 15 is 0 Å². The molecule has 51 heavy (non-hydrogen) atoms. The van der Waals surface area contributed by atoms with Crippen molar-refractivity contribution in [3.63, 3.8) is 0 Å². The molecule has 0 radical (unpaired) electrons. The molecule has 27 heteroatoms. The topological polar surface area (TPSA) is 354 Å². The molecule has 3 fully saturated rings. The Morgan fingerprint density at radius 2 is 1.43 bits per heavy atom. The number of aliphatic hydroxyl groups excluding tert-OH is 4. The van der Waals surface area contributed by atoms with Crippen molar-refractivity contribution < 1.29 is 57.1 Å². The molecule has 3 aliphatic heterocycles. The molecule has 278 valence electrons. The van der Waals surface area contributed by atoms with Crippen LogP contribution in [0.5, 0.6) is 0 Å². The fourth-order valence-electron chi connectivity index (χ4n) is 5.86. The molecule has 0 aromatic carbocycles. The lowest BCUT2D eigenvalue weighted by Gasteiger charge is -2.29. The first-order valence-corrected chi connectivity index (χ1v) is 18.4. The Labute approximate surface area is 285 Å². The number of nitrogen functional groups attached to an aromatic ring is 2. The van der Waals surface area contributed by atoms with Gasteiger partial charge in [0, 0.05) is 13.1 Å². The Balaban J connectivity index is 1.27. The van der Waals surface area contributed by atoms with E-state index in [0.717, 1.165) is 6.33 Å². The molecule has 4 aromatic rings. The van der Waals surface area contributed by atoms with Crippen molar-refractivity contribution in [3.8, 4) is 0 Å². The van der Waals surface area contributed by atoms with E-state index in [2.05, 4.69) is 40.1 Å². The molecule has 3 aliphatic rings. The van der Waals surface area contributed by atoms with Gasteiger partial charge in [-0.05, 0) is 0 Å². The number of hydrogen-bond acceptors (Lipinski definition) is 20. The second-order valence-corrected chi connectivity index (χ2v) is 15.0. The average Bonchev–Trinajstić information content (AvgIpc) is 3.86. The third-order valence-electron chi connectivity index (χ3n) is 8.18. The first-order valence-electron chi connectivity index (χ1n) is 15.3. The van der Waals surface area contributed by atoms with Gasteiger partial charge in [-0.15, -0.1) is 0 Å². The normalized spacial score (nSPS) is 34.7. The minimum absolute atomic E-state index is 0.0552. The molecule has 10 atom stereocenters. The van der Waals surface area contributed by atoms with Gasteiger partial charge in [0.05, 0.1) is 39.1 Å². The zero-order valence-corrected chi connectivity index (χ0v) is 28.0. The highest BCUT2D eigenvalue weighted by Crippen LogP contribution is 2.54. The second kappa shape index (κ2) is 14.1. The van der Waals surface area contributed by atoms with Gasteiger partial charge >= 0.3 is 15.5 Å². The molecule has 0 amide bonds. The number of nitrogens with zero attached hydrogens (tertiary/aromatic N) is 7. The van der Waals surface area contributed by atoms with E-state index in [-0.39, 0.29) is 47.2 Å². The minimum atomic E-state index is -4.57. The third-order valence-corrected chi connectivity index (χ3v) is 11.4. The van der Waals surface area contributed by atoms with Gasteiger partial charge in [-0.25, -0.2) is 39.2 Å². The van der Waals surface area contributed by atoms with Crippen molar-refractivity contribution in [1.82, 2.24) is 49.2 Å². The van der Waals surface area contributed by atoms with Crippen LogP contribution in [0.1, 0.15) is 12.5 Å². The Morgan fingerprint density at radius 1 is 0.824 bits per heavy atom. The van der Waals surface area contributed by atoms with Crippen LogP contribution in [0, 0.1) is 0 Å². The van der Waals surface area contributed by atoms with Gasteiger partial charge in [0.1, 0.15) is 48.5 Å². The van der Waals surface area contributed by atoms with E-state index in [4.69, 9.17) is 39.0 Å². The fourth-order valence-corrected chi connectivity index (χ4v) is 8.87. The second-order valence-electron chi connectivity index (χ2n) is 11.5. The van der Waals surface area contributed by atoms with E-state index in [1.54, 1.807) is 0 Å². The van der Waals surface area contributed by atoms with Crippen LogP contribution in [0.25, 0.3) is 22.3 Å². The van der Waals surface area contributed by atoms with Gasteiger partial charge in [0.2, 0.25) is 5.95 Å². The van der Waals surface area contributed by atoms with Crippen LogP contribution in [0.4, 0.5) is 11.8 Å². The Hall–Kier alpha value is -3.52. The Bertz CT molecular complexity index is 2050. The summed E-state index contributed by atoms with van der Waals surface area (Å²) < 4.78 is 66.5. The number of ether oxygens (including phenoxy) is 2. The van der Waals surface area contributed by atoms with Crippen LogP contribution >= 0.6 is 15.5 Å². The van der Waals surface area contributed by atoms with Crippen molar-refractivity contribution in [2.45, 2.75) is 49.1 Å². The molecular weight excluding hydrogens is 726 g/mol. The summed E-state index contributed by atoms with van der Waals surface area (Å²) in [6, 6.07) is 0. The van der Waals surface area contributed by atoms with E-state index in [1.807, 2.05) is 0 Å². The molecule has 7 rings (SSSR count). The molecule has 4 aromatic heterocycles. The summed E-state index contributed by atoms with van der Waals surface area (Å²) in [5.41, 5.74) is 11.2. The van der Waals surface area contributed by atoms with E-state index in [0.29, 0.717) is 0 Å². The maximum Gasteiger partial charge on any atom is 0.406 e. The van der Waals surface area contributed by atoms with Gasteiger partial charge in [-0.1, -0.05) is 0 Å². The van der Waals surface area contributed by atoms with Crippen LogP contribution in [0.15, 0.2) is 23.8 Å². The van der Waals surface area contributed by atoms with Crippen LogP contribution in [0.3, 0.4) is 0 Å². The van der Waals surface area contributed by atoms with Gasteiger partial charge in [0.15, 0.2) is 35.1 Å². The molecule has 0 saturated carbocycles. The molecule has 7 heterocycles. The van der Waals surface area contributed by atoms with Gasteiger partial charge < -0.3 is 41.4 Å². The van der Waals surface area contributed by atoms with Gasteiger partial charge in [-0.2, -0.15) is 4.98 Å². The first-order chi connectivity index (χ1) is 24.4. The van der Waals surface area contributed by atoms with E-state index in [1.165, 1.54) is 21.8 Å². The summed E-state index contributed by atoms with van der Waals surface area (Å²) in [5, 5.41) is 47.1. The maximum absolute atomic E-state index is 14.3. The predicted octanol–water partition coefficient (Wildman–Crippen LogP) is -3.16. The Kier molecular flexibility index (Phi) is 9.94. The smallest absolute Gasteiger partial charge is 0.395 e. The molecule has 2 bridgehead atoms. The molecule has 25 nitrogen and oxygen atoms in total. The Morgan fingerprint density at radius 3 is 2.12 bits per heavy atom. The summed E-state index contributed by atoms with van der Waals surface area (Å²) >= 11 is 0. The summed E-state index contributed by atoms with van der Waals surface area (Å²) in [7, 11) is -9.09. The summed E-state index contributed by atoms with van der Waals surface area (Å²) in [6.07, 6.45) is -8.26. The number of nitrogens with two attached hydrogens (primary N) is 2. The number of aromatic amines is 1. The van der Waals surface area contributed by atoms with Gasteiger partial charge in [0.25, 0.3) is 5.56 Å². The summed E-state index contributed by atoms with van der Waals surface area (Å²) in [5.74, 6) is -0.204. The van der Waals surface area contributed by atoms with E-state index < -0.39 is 96.6 Å². The summed E-state index contributed by atoms with van der Waals surface area (Å²) in [4.78, 5) is 35.2. The molecule has 4 unspecified atom stereocenters. The van der Waals surface area contributed by atoms with Crippen molar-refractivity contribution in [2.75, 3.05) is 51.0 Å². The number of nitrogens with one attached hydrogen (secondary N) is 3. The quantitative estimate of drug-likeness (QED) is 0.0800. The molecule has 0 spiro atoms. The first kappa shape index (κ1) is 35.9. The number of rotatable bonds is 8. The number of aliphatic hydroxyl groups is 4. The predicted molar refractivity (Wildman–Crippen MR) is 169 cm³/mol. The highest BCUT2D eigenvalue weighted by molar-refractivity contribution is 7.52. The average molecular weight is 761 g/mol. The fraction of sp³-hybridized carbons (Fsp3) is 0.583. The van der Waals surface area contributed by atoms with Crippen molar-refractivity contribution in [1.29, 1.82) is 0 Å². The van der Waals surface area contributed by atoms with Crippen molar-refractivity contribution in [2.24, 2.45) is 0 Å².